The molecule has 25 heavy (non-hydrogen) atoms. The molecule has 0 saturated heterocycles. The number of fused-ring (bicyclic) bond motifs is 5. The van der Waals surface area contributed by atoms with Gasteiger partial charge in [-0.05, 0) is 73.1 Å². The highest BCUT2D eigenvalue weighted by Gasteiger charge is 2.53. The van der Waals surface area contributed by atoms with Crippen molar-refractivity contribution in [1.82, 2.24) is 5.06 Å². The Morgan fingerprint density at radius 3 is 2.88 bits per heavy atom. The number of hydroxylamine groups is 2. The fourth-order valence-electron chi connectivity index (χ4n) is 5.76. The van der Waals surface area contributed by atoms with Crippen molar-refractivity contribution in [2.45, 2.75) is 44.9 Å². The Kier molecular flexibility index (Phi) is 3.91. The molecule has 3 aliphatic carbocycles. The topological polar surface area (TPSA) is 49.8 Å². The van der Waals surface area contributed by atoms with Crippen molar-refractivity contribution in [3.63, 3.8) is 0 Å². The van der Waals surface area contributed by atoms with E-state index in [1.54, 1.807) is 7.11 Å². The van der Waals surface area contributed by atoms with E-state index in [2.05, 4.69) is 31.2 Å². The molecule has 0 unspecified atom stereocenters. The summed E-state index contributed by atoms with van der Waals surface area (Å²) in [5.74, 6) is 2.41. The minimum atomic E-state index is -0.232. The minimum Gasteiger partial charge on any atom is -0.497 e. The van der Waals surface area contributed by atoms with Gasteiger partial charge in [0.2, 0.25) is 0 Å². The van der Waals surface area contributed by atoms with Crippen LogP contribution in [0.25, 0.3) is 0 Å². The molecule has 4 heteroatoms. The van der Waals surface area contributed by atoms with E-state index in [-0.39, 0.29) is 11.3 Å². The molecule has 134 valence electrons. The number of carbonyl (C=O) groups excluding carboxylic acids is 1. The molecule has 0 bridgehead atoms. The molecular weight excluding hydrogens is 314 g/mol. The van der Waals surface area contributed by atoms with Gasteiger partial charge in [-0.15, -0.1) is 0 Å². The number of nitrogens with zero attached hydrogens (tertiary/aromatic N) is 1. The van der Waals surface area contributed by atoms with Crippen LogP contribution in [0.5, 0.6) is 5.75 Å². The largest absolute Gasteiger partial charge is 0.497 e. The molecule has 1 aromatic rings. The summed E-state index contributed by atoms with van der Waals surface area (Å²) in [6.07, 6.45) is 7.43. The summed E-state index contributed by atoms with van der Waals surface area (Å²) in [7, 11) is 3.15. The van der Waals surface area contributed by atoms with Crippen LogP contribution in [0.15, 0.2) is 29.8 Å². The number of aryl methyl sites for hydroxylation is 1. The van der Waals surface area contributed by atoms with E-state index in [0.29, 0.717) is 17.8 Å². The molecule has 1 N–H and O–H groups in total. The van der Waals surface area contributed by atoms with Crippen molar-refractivity contribution in [3.8, 4) is 5.75 Å². The maximum Gasteiger partial charge on any atom is 0.273 e. The number of allylic oxidation sites excluding steroid dienone is 1. The summed E-state index contributed by atoms with van der Waals surface area (Å²) < 4.78 is 5.39. The number of hydrogen-bond donors (Lipinski definition) is 1. The molecule has 4 nitrogen and oxygen atoms in total. The van der Waals surface area contributed by atoms with Gasteiger partial charge in [-0.25, -0.2) is 5.06 Å². The first-order chi connectivity index (χ1) is 12.0. The molecule has 4 rings (SSSR count). The fraction of sp³-hybridized carbons (Fsp3) is 0.571. The van der Waals surface area contributed by atoms with Crippen LogP contribution in [0.1, 0.15) is 49.7 Å². The van der Waals surface area contributed by atoms with Gasteiger partial charge in [-0.2, -0.15) is 0 Å². The van der Waals surface area contributed by atoms with Crippen LogP contribution >= 0.6 is 0 Å². The SMILES string of the molecule is COc1ccc2c(c1)CC[C@@H]1[C@@H]2CC[C@]2(C)C(C(=O)N(C)O)=CC[C@@H]12. The lowest BCUT2D eigenvalue weighted by molar-refractivity contribution is -0.156. The third-order valence-corrected chi connectivity index (χ3v) is 7.04. The molecule has 3 aliphatic rings. The Balaban J connectivity index is 1.64. The Morgan fingerprint density at radius 1 is 1.36 bits per heavy atom. The number of ether oxygens (including phenoxy) is 1. The molecule has 0 aliphatic heterocycles. The molecular formula is C21H27NO3. The maximum absolute atomic E-state index is 12.4. The van der Waals surface area contributed by atoms with Crippen molar-refractivity contribution in [1.29, 1.82) is 0 Å². The predicted octanol–water partition coefficient (Wildman–Crippen LogP) is 3.94. The quantitative estimate of drug-likeness (QED) is 0.655. The standard InChI is InChI=1S/C21H27NO3/c1-21-11-10-16-15-7-5-14(25-3)12-13(15)4-6-17(16)18(21)8-9-19(21)20(23)22(2)24/h5,7,9,12,16-18,24H,4,6,8,10-11H2,1-3H3/t16-,17-,18+,21+/m1/s1. The number of hydrogen-bond acceptors (Lipinski definition) is 3. The highest BCUT2D eigenvalue weighted by atomic mass is 16.5. The van der Waals surface area contributed by atoms with Crippen molar-refractivity contribution in [2.24, 2.45) is 17.3 Å². The lowest BCUT2D eigenvalue weighted by Crippen LogP contribution is -2.43. The second kappa shape index (κ2) is 5.87. The van der Waals surface area contributed by atoms with Gasteiger partial charge in [0.25, 0.3) is 5.91 Å². The first-order valence-corrected chi connectivity index (χ1v) is 9.30. The van der Waals surface area contributed by atoms with Crippen molar-refractivity contribution < 1.29 is 14.7 Å². The average molecular weight is 341 g/mol. The Morgan fingerprint density at radius 2 is 2.16 bits per heavy atom. The lowest BCUT2D eigenvalue weighted by atomic mass is 9.54. The van der Waals surface area contributed by atoms with E-state index >= 15 is 0 Å². The highest BCUT2D eigenvalue weighted by Crippen LogP contribution is 2.61. The summed E-state index contributed by atoms with van der Waals surface area (Å²) in [6.45, 7) is 2.23. The fourth-order valence-corrected chi connectivity index (χ4v) is 5.76. The van der Waals surface area contributed by atoms with E-state index < -0.39 is 0 Å². The summed E-state index contributed by atoms with van der Waals surface area (Å²) >= 11 is 0. The zero-order valence-corrected chi connectivity index (χ0v) is 15.3. The predicted molar refractivity (Wildman–Crippen MR) is 95.6 cm³/mol. The molecule has 1 saturated carbocycles. The summed E-state index contributed by atoms with van der Waals surface area (Å²) in [5.41, 5.74) is 3.64. The van der Waals surface area contributed by atoms with Crippen LogP contribution in [0.4, 0.5) is 0 Å². The van der Waals surface area contributed by atoms with Gasteiger partial charge in [0.15, 0.2) is 0 Å². The van der Waals surface area contributed by atoms with Crippen molar-refractivity contribution in [2.75, 3.05) is 14.2 Å². The van der Waals surface area contributed by atoms with Crippen molar-refractivity contribution >= 4 is 5.91 Å². The number of likely N-dealkylation sites (N-methyl/N-ethyl adjacent to an activating group) is 1. The van der Waals surface area contributed by atoms with Crippen LogP contribution in [-0.2, 0) is 11.2 Å². The van der Waals surface area contributed by atoms with Gasteiger partial charge in [0.05, 0.1) is 7.11 Å². The van der Waals surface area contributed by atoms with E-state index in [0.717, 1.165) is 42.1 Å². The smallest absolute Gasteiger partial charge is 0.273 e. The summed E-state index contributed by atoms with van der Waals surface area (Å²) in [5, 5.41) is 10.4. The minimum absolute atomic E-state index is 0.0980. The van der Waals surface area contributed by atoms with Crippen LogP contribution in [-0.4, -0.2) is 30.3 Å². The Bertz CT molecular complexity index is 739. The monoisotopic (exact) mass is 341 g/mol. The van der Waals surface area contributed by atoms with E-state index in [9.17, 15) is 10.0 Å². The van der Waals surface area contributed by atoms with Crippen LogP contribution in [0.2, 0.25) is 0 Å². The third-order valence-electron chi connectivity index (χ3n) is 7.04. The van der Waals surface area contributed by atoms with E-state index in [1.165, 1.54) is 24.6 Å². The van der Waals surface area contributed by atoms with E-state index in [4.69, 9.17) is 4.74 Å². The Labute approximate surface area is 149 Å². The van der Waals surface area contributed by atoms with Gasteiger partial charge < -0.3 is 4.74 Å². The average Bonchev–Trinajstić information content (AvgIpc) is 2.97. The molecule has 1 aromatic carbocycles. The second-order valence-electron chi connectivity index (χ2n) is 8.12. The van der Waals surface area contributed by atoms with Gasteiger partial charge >= 0.3 is 0 Å². The zero-order chi connectivity index (χ0) is 17.8. The molecule has 4 atom stereocenters. The molecule has 0 radical (unpaired) electrons. The molecule has 0 heterocycles. The summed E-state index contributed by atoms with van der Waals surface area (Å²) in [6, 6.07) is 6.53. The molecule has 1 fully saturated rings. The van der Waals surface area contributed by atoms with Gasteiger partial charge in [0.1, 0.15) is 5.75 Å². The first-order valence-electron chi connectivity index (χ1n) is 9.30. The van der Waals surface area contributed by atoms with Gasteiger partial charge in [0, 0.05) is 18.0 Å². The van der Waals surface area contributed by atoms with Gasteiger partial charge in [-0.3, -0.25) is 10.0 Å². The maximum atomic E-state index is 12.4. The van der Waals surface area contributed by atoms with Crippen LogP contribution in [0, 0.1) is 17.3 Å². The Hall–Kier alpha value is -1.81. The molecule has 0 aromatic heterocycles. The lowest BCUT2D eigenvalue weighted by Gasteiger charge is -2.50. The van der Waals surface area contributed by atoms with Gasteiger partial charge in [-0.1, -0.05) is 19.1 Å². The van der Waals surface area contributed by atoms with Crippen LogP contribution in [0.3, 0.4) is 0 Å². The third kappa shape index (κ3) is 2.42. The van der Waals surface area contributed by atoms with Crippen molar-refractivity contribution in [3.05, 3.63) is 41.0 Å². The first kappa shape index (κ1) is 16.6. The van der Waals surface area contributed by atoms with E-state index in [1.807, 2.05) is 0 Å². The normalized spacial score (nSPS) is 33.0. The molecule has 1 amide bonds. The summed E-state index contributed by atoms with van der Waals surface area (Å²) in [4.78, 5) is 12.4. The number of rotatable bonds is 2. The second-order valence-corrected chi connectivity index (χ2v) is 8.12. The zero-order valence-electron chi connectivity index (χ0n) is 15.3. The number of carbonyl (C=O) groups is 1. The number of amides is 1. The number of methoxy groups -OCH3 is 1. The highest BCUT2D eigenvalue weighted by molar-refractivity contribution is 5.94. The number of benzene rings is 1. The molecule has 0 spiro atoms. The van der Waals surface area contributed by atoms with Crippen LogP contribution < -0.4 is 4.74 Å².